The third kappa shape index (κ3) is 2.88. The van der Waals surface area contributed by atoms with E-state index >= 15 is 0 Å². The highest BCUT2D eigenvalue weighted by Gasteiger charge is 2.11. The Morgan fingerprint density at radius 3 is 2.57 bits per heavy atom. The Kier molecular flexibility index (Phi) is 4.21. The van der Waals surface area contributed by atoms with Gasteiger partial charge in [0.2, 0.25) is 0 Å². The van der Waals surface area contributed by atoms with Gasteiger partial charge < -0.3 is 0 Å². The molecule has 0 aliphatic carbocycles. The lowest BCUT2D eigenvalue weighted by atomic mass is 10.0. The molecule has 14 heavy (non-hydrogen) atoms. The monoisotopic (exact) mass is 208 g/mol. The molecule has 0 bridgehead atoms. The second-order valence-corrected chi connectivity index (χ2v) is 4.57. The topological polar surface area (TPSA) is 17.1 Å². The molecule has 1 rings (SSSR count). The molecule has 1 nitrogen and oxygen atoms in total. The number of rotatable bonds is 4. The molecule has 0 aliphatic heterocycles. The summed E-state index contributed by atoms with van der Waals surface area (Å²) in [4.78, 5) is 12.9. The van der Waals surface area contributed by atoms with E-state index in [0.29, 0.717) is 12.3 Å². The second-order valence-electron chi connectivity index (χ2n) is 3.72. The number of benzene rings is 1. The summed E-state index contributed by atoms with van der Waals surface area (Å²) in [6.45, 7) is 4.14. The Labute approximate surface area is 89.9 Å². The van der Waals surface area contributed by atoms with Crippen LogP contribution in [0.1, 0.15) is 30.6 Å². The van der Waals surface area contributed by atoms with E-state index in [1.165, 1.54) is 0 Å². The Balaban J connectivity index is 2.88. The molecule has 0 amide bonds. The van der Waals surface area contributed by atoms with Gasteiger partial charge in [0.15, 0.2) is 5.78 Å². The van der Waals surface area contributed by atoms with E-state index < -0.39 is 0 Å². The van der Waals surface area contributed by atoms with Gasteiger partial charge in [0, 0.05) is 16.9 Å². The zero-order chi connectivity index (χ0) is 10.6. The van der Waals surface area contributed by atoms with Crippen molar-refractivity contribution in [3.05, 3.63) is 29.8 Å². The normalized spacial score (nSPS) is 10.6. The summed E-state index contributed by atoms with van der Waals surface area (Å²) < 4.78 is 0. The molecule has 0 atom stereocenters. The molecular weight excluding hydrogens is 192 g/mol. The van der Waals surface area contributed by atoms with Crippen LogP contribution in [0.5, 0.6) is 0 Å². The first-order valence-electron chi connectivity index (χ1n) is 4.81. The largest absolute Gasteiger partial charge is 0.294 e. The number of hydrogen-bond acceptors (Lipinski definition) is 2. The maximum absolute atomic E-state index is 11.8. The average Bonchev–Trinajstić information content (AvgIpc) is 2.16. The van der Waals surface area contributed by atoms with Crippen molar-refractivity contribution in [2.75, 3.05) is 6.26 Å². The van der Waals surface area contributed by atoms with Gasteiger partial charge in [0.1, 0.15) is 0 Å². The highest BCUT2D eigenvalue weighted by Crippen LogP contribution is 2.22. The first kappa shape index (κ1) is 11.3. The molecule has 0 unspecified atom stereocenters. The zero-order valence-electron chi connectivity index (χ0n) is 8.91. The van der Waals surface area contributed by atoms with Gasteiger partial charge in [-0.25, -0.2) is 0 Å². The first-order chi connectivity index (χ1) is 6.65. The summed E-state index contributed by atoms with van der Waals surface area (Å²) in [5.74, 6) is 0.683. The van der Waals surface area contributed by atoms with Crippen molar-refractivity contribution < 1.29 is 4.79 Å². The molecule has 2 heteroatoms. The molecule has 76 valence electrons. The van der Waals surface area contributed by atoms with Crippen molar-refractivity contribution in [2.45, 2.75) is 25.2 Å². The second kappa shape index (κ2) is 5.20. The summed E-state index contributed by atoms with van der Waals surface area (Å²) in [5.41, 5.74) is 0.869. The van der Waals surface area contributed by atoms with Crippen LogP contribution in [0.2, 0.25) is 0 Å². The van der Waals surface area contributed by atoms with E-state index in [2.05, 4.69) is 13.8 Å². The standard InChI is InChI=1S/C12H16OS/c1-9(2)8-11(13)10-6-4-5-7-12(10)14-3/h4-7,9H,8H2,1-3H3. The van der Waals surface area contributed by atoms with Crippen LogP contribution in [-0.4, -0.2) is 12.0 Å². The van der Waals surface area contributed by atoms with Gasteiger partial charge >= 0.3 is 0 Å². The smallest absolute Gasteiger partial charge is 0.164 e. The molecule has 0 aliphatic rings. The zero-order valence-corrected chi connectivity index (χ0v) is 9.73. The van der Waals surface area contributed by atoms with Gasteiger partial charge in [0.05, 0.1) is 0 Å². The lowest BCUT2D eigenvalue weighted by Gasteiger charge is -2.07. The molecule has 0 fully saturated rings. The number of carbonyl (C=O) groups excluding carboxylic acids is 1. The summed E-state index contributed by atoms with van der Waals surface area (Å²) in [7, 11) is 0. The third-order valence-corrected chi connectivity index (χ3v) is 2.80. The lowest BCUT2D eigenvalue weighted by Crippen LogP contribution is -2.04. The molecule has 1 aromatic carbocycles. The van der Waals surface area contributed by atoms with Crippen LogP contribution in [0.15, 0.2) is 29.2 Å². The SMILES string of the molecule is CSc1ccccc1C(=O)CC(C)C. The van der Waals surface area contributed by atoms with Crippen molar-refractivity contribution in [3.8, 4) is 0 Å². The Morgan fingerprint density at radius 2 is 2.00 bits per heavy atom. The van der Waals surface area contributed by atoms with Gasteiger partial charge in [-0.1, -0.05) is 32.0 Å². The minimum absolute atomic E-state index is 0.255. The van der Waals surface area contributed by atoms with Crippen molar-refractivity contribution in [1.29, 1.82) is 0 Å². The lowest BCUT2D eigenvalue weighted by molar-refractivity contribution is 0.0965. The van der Waals surface area contributed by atoms with E-state index in [4.69, 9.17) is 0 Å². The molecule has 0 N–H and O–H groups in total. The third-order valence-electron chi connectivity index (χ3n) is 2.00. The van der Waals surface area contributed by atoms with Crippen molar-refractivity contribution in [3.63, 3.8) is 0 Å². The van der Waals surface area contributed by atoms with E-state index in [9.17, 15) is 4.79 Å². The maximum atomic E-state index is 11.8. The van der Waals surface area contributed by atoms with E-state index in [1.54, 1.807) is 11.8 Å². The van der Waals surface area contributed by atoms with Crippen LogP contribution in [0.3, 0.4) is 0 Å². The van der Waals surface area contributed by atoms with Gasteiger partial charge in [-0.05, 0) is 18.2 Å². The number of carbonyl (C=O) groups is 1. The van der Waals surface area contributed by atoms with Crippen LogP contribution in [0.25, 0.3) is 0 Å². The van der Waals surface area contributed by atoms with E-state index in [1.807, 2.05) is 30.5 Å². The van der Waals surface area contributed by atoms with Crippen LogP contribution >= 0.6 is 11.8 Å². The molecule has 0 aromatic heterocycles. The molecule has 0 spiro atoms. The predicted octanol–water partition coefficient (Wildman–Crippen LogP) is 3.64. The highest BCUT2D eigenvalue weighted by atomic mass is 32.2. The molecule has 0 saturated heterocycles. The molecule has 0 saturated carbocycles. The van der Waals surface area contributed by atoms with Crippen LogP contribution in [0.4, 0.5) is 0 Å². The Bertz CT molecular complexity index is 318. The minimum atomic E-state index is 0.255. The predicted molar refractivity (Wildman–Crippen MR) is 62.0 cm³/mol. The molecule has 0 heterocycles. The number of hydrogen-bond donors (Lipinski definition) is 0. The molecule has 0 radical (unpaired) electrons. The first-order valence-corrected chi connectivity index (χ1v) is 6.04. The molecule has 1 aromatic rings. The van der Waals surface area contributed by atoms with Crippen molar-refractivity contribution >= 4 is 17.5 Å². The summed E-state index contributed by atoms with van der Waals surface area (Å²) in [5, 5.41) is 0. The van der Waals surface area contributed by atoms with Crippen molar-refractivity contribution in [1.82, 2.24) is 0 Å². The average molecular weight is 208 g/mol. The summed E-state index contributed by atoms with van der Waals surface area (Å²) >= 11 is 1.63. The Hall–Kier alpha value is -0.760. The minimum Gasteiger partial charge on any atom is -0.294 e. The number of thioether (sulfide) groups is 1. The fourth-order valence-electron chi connectivity index (χ4n) is 1.36. The quantitative estimate of drug-likeness (QED) is 0.555. The Morgan fingerprint density at radius 1 is 1.36 bits per heavy atom. The van der Waals surface area contributed by atoms with Gasteiger partial charge in [-0.2, -0.15) is 0 Å². The van der Waals surface area contributed by atoms with E-state index in [-0.39, 0.29) is 5.78 Å². The van der Waals surface area contributed by atoms with Gasteiger partial charge in [-0.3, -0.25) is 4.79 Å². The maximum Gasteiger partial charge on any atom is 0.164 e. The number of Topliss-reactive ketones (excluding diaryl/α,β-unsaturated/α-hetero) is 1. The van der Waals surface area contributed by atoms with Gasteiger partial charge in [0.25, 0.3) is 0 Å². The number of ketones is 1. The van der Waals surface area contributed by atoms with Gasteiger partial charge in [-0.15, -0.1) is 11.8 Å². The van der Waals surface area contributed by atoms with Crippen molar-refractivity contribution in [2.24, 2.45) is 5.92 Å². The fraction of sp³-hybridized carbons (Fsp3) is 0.417. The summed E-state index contributed by atoms with van der Waals surface area (Å²) in [6.07, 6.45) is 2.64. The van der Waals surface area contributed by atoms with Crippen LogP contribution < -0.4 is 0 Å². The fourth-order valence-corrected chi connectivity index (χ4v) is 1.97. The molecular formula is C12H16OS. The van der Waals surface area contributed by atoms with E-state index in [0.717, 1.165) is 10.5 Å². The van der Waals surface area contributed by atoms with Crippen LogP contribution in [0, 0.1) is 5.92 Å². The highest BCUT2D eigenvalue weighted by molar-refractivity contribution is 7.98. The summed E-state index contributed by atoms with van der Waals surface area (Å²) in [6, 6.07) is 7.81. The van der Waals surface area contributed by atoms with Crippen LogP contribution in [-0.2, 0) is 0 Å².